The first-order chi connectivity index (χ1) is 14.3. The van der Waals surface area contributed by atoms with Gasteiger partial charge in [-0.3, -0.25) is 10.1 Å². The molecule has 0 aliphatic rings. The molecular formula is C20H19ClFN3O3S2. The van der Waals surface area contributed by atoms with Crippen molar-refractivity contribution in [3.63, 3.8) is 0 Å². The molecular weight excluding hydrogens is 449 g/mol. The number of carbonyl (C=O) groups is 1. The second-order valence-corrected chi connectivity index (χ2v) is 9.38. The number of aromatic nitrogens is 1. The van der Waals surface area contributed by atoms with Crippen molar-refractivity contribution < 1.29 is 17.6 Å². The molecule has 1 amide bonds. The highest BCUT2D eigenvalue weighted by molar-refractivity contribution is 7.89. The van der Waals surface area contributed by atoms with Gasteiger partial charge in [-0.1, -0.05) is 43.6 Å². The number of benzene rings is 2. The third-order valence-corrected chi connectivity index (χ3v) is 7.54. The molecule has 0 aliphatic heterocycles. The van der Waals surface area contributed by atoms with Crippen LogP contribution in [0.25, 0.3) is 11.3 Å². The molecule has 0 unspecified atom stereocenters. The van der Waals surface area contributed by atoms with E-state index in [0.717, 1.165) is 22.0 Å². The molecule has 10 heteroatoms. The smallest absolute Gasteiger partial charge is 0.257 e. The minimum absolute atomic E-state index is 0.0108. The van der Waals surface area contributed by atoms with Gasteiger partial charge in [-0.15, -0.1) is 11.3 Å². The summed E-state index contributed by atoms with van der Waals surface area (Å²) >= 11 is 7.37. The van der Waals surface area contributed by atoms with E-state index in [9.17, 15) is 17.6 Å². The third-order valence-electron chi connectivity index (χ3n) is 4.39. The van der Waals surface area contributed by atoms with E-state index in [1.165, 1.54) is 17.4 Å². The molecule has 6 nitrogen and oxygen atoms in total. The fourth-order valence-electron chi connectivity index (χ4n) is 2.84. The molecule has 1 N–H and O–H groups in total. The molecule has 158 valence electrons. The summed E-state index contributed by atoms with van der Waals surface area (Å²) in [6.45, 7) is 3.71. The van der Waals surface area contributed by atoms with E-state index in [1.54, 1.807) is 31.4 Å². The highest BCUT2D eigenvalue weighted by Gasteiger charge is 2.26. The number of carbonyl (C=O) groups excluding carboxylic acids is 1. The summed E-state index contributed by atoms with van der Waals surface area (Å²) in [4.78, 5) is 16.4. The summed E-state index contributed by atoms with van der Waals surface area (Å²) in [6, 6.07) is 10.4. The number of sulfonamides is 1. The van der Waals surface area contributed by atoms with Gasteiger partial charge < -0.3 is 0 Å². The Bertz CT molecular complexity index is 1180. The Hall–Kier alpha value is -2.33. The minimum Gasteiger partial charge on any atom is -0.298 e. The number of anilines is 1. The van der Waals surface area contributed by atoms with Crippen LogP contribution < -0.4 is 5.32 Å². The van der Waals surface area contributed by atoms with Crippen LogP contribution in [0.3, 0.4) is 0 Å². The maximum absolute atomic E-state index is 14.3. The molecule has 3 rings (SSSR count). The highest BCUT2D eigenvalue weighted by Crippen LogP contribution is 2.30. The van der Waals surface area contributed by atoms with Crippen molar-refractivity contribution in [3.05, 3.63) is 64.2 Å². The lowest BCUT2D eigenvalue weighted by atomic mass is 10.2. The van der Waals surface area contributed by atoms with Crippen LogP contribution in [0.4, 0.5) is 9.52 Å². The SMILES string of the molecule is CCN(CC)S(=O)(=O)c1cc(C(=O)Nc2nc(-c3ccccc3Cl)cs2)ccc1F. The van der Waals surface area contributed by atoms with E-state index in [-0.39, 0.29) is 18.7 Å². The van der Waals surface area contributed by atoms with Crippen molar-refractivity contribution in [2.24, 2.45) is 0 Å². The van der Waals surface area contributed by atoms with Gasteiger partial charge in [-0.05, 0) is 24.3 Å². The van der Waals surface area contributed by atoms with Gasteiger partial charge in [0.1, 0.15) is 10.7 Å². The van der Waals surface area contributed by atoms with Crippen LogP contribution >= 0.6 is 22.9 Å². The summed E-state index contributed by atoms with van der Waals surface area (Å²) in [6.07, 6.45) is 0. The van der Waals surface area contributed by atoms with E-state index in [2.05, 4.69) is 10.3 Å². The Morgan fingerprint density at radius 1 is 1.20 bits per heavy atom. The molecule has 0 saturated heterocycles. The van der Waals surface area contributed by atoms with E-state index in [1.807, 2.05) is 12.1 Å². The summed E-state index contributed by atoms with van der Waals surface area (Å²) in [5.41, 5.74) is 1.34. The van der Waals surface area contributed by atoms with Crippen molar-refractivity contribution in [2.75, 3.05) is 18.4 Å². The van der Waals surface area contributed by atoms with Crippen LogP contribution in [0.2, 0.25) is 5.02 Å². The summed E-state index contributed by atoms with van der Waals surface area (Å²) in [7, 11) is -4.05. The number of rotatable bonds is 7. The van der Waals surface area contributed by atoms with Gasteiger partial charge in [0.15, 0.2) is 5.13 Å². The molecule has 0 aliphatic carbocycles. The lowest BCUT2D eigenvalue weighted by Crippen LogP contribution is -2.31. The van der Waals surface area contributed by atoms with Gasteiger partial charge in [0.05, 0.1) is 5.69 Å². The lowest BCUT2D eigenvalue weighted by molar-refractivity contribution is 0.102. The predicted octanol–water partition coefficient (Wildman–Crippen LogP) is 4.89. The van der Waals surface area contributed by atoms with E-state index in [0.29, 0.717) is 15.8 Å². The van der Waals surface area contributed by atoms with E-state index >= 15 is 0 Å². The van der Waals surface area contributed by atoms with Crippen molar-refractivity contribution in [1.82, 2.24) is 9.29 Å². The predicted molar refractivity (Wildman–Crippen MR) is 117 cm³/mol. The third kappa shape index (κ3) is 4.54. The first-order valence-corrected chi connectivity index (χ1v) is 11.8. The fourth-order valence-corrected chi connectivity index (χ4v) is 5.32. The van der Waals surface area contributed by atoms with Gasteiger partial charge in [0.2, 0.25) is 10.0 Å². The van der Waals surface area contributed by atoms with E-state index < -0.39 is 26.6 Å². The summed E-state index contributed by atoms with van der Waals surface area (Å²) in [5.74, 6) is -1.50. The number of nitrogens with zero attached hydrogens (tertiary/aromatic N) is 2. The second-order valence-electron chi connectivity index (χ2n) is 6.21. The maximum Gasteiger partial charge on any atom is 0.257 e. The molecule has 0 radical (unpaired) electrons. The monoisotopic (exact) mass is 467 g/mol. The van der Waals surface area contributed by atoms with E-state index in [4.69, 9.17) is 11.6 Å². The van der Waals surface area contributed by atoms with Crippen LogP contribution in [0, 0.1) is 5.82 Å². The van der Waals surface area contributed by atoms with Gasteiger partial charge in [0, 0.05) is 34.6 Å². The van der Waals surface area contributed by atoms with Crippen molar-refractivity contribution >= 4 is 44.0 Å². The van der Waals surface area contributed by atoms with Crippen LogP contribution in [0.5, 0.6) is 0 Å². The first kappa shape index (κ1) is 22.4. The van der Waals surface area contributed by atoms with Crippen LogP contribution in [-0.2, 0) is 10.0 Å². The first-order valence-electron chi connectivity index (χ1n) is 9.09. The zero-order valence-electron chi connectivity index (χ0n) is 16.2. The zero-order chi connectivity index (χ0) is 21.9. The van der Waals surface area contributed by atoms with Crippen molar-refractivity contribution in [1.29, 1.82) is 0 Å². The van der Waals surface area contributed by atoms with Crippen LogP contribution in [0.15, 0.2) is 52.7 Å². The molecule has 3 aromatic rings. The molecule has 0 atom stereocenters. The van der Waals surface area contributed by atoms with Crippen LogP contribution in [-0.4, -0.2) is 36.7 Å². The summed E-state index contributed by atoms with van der Waals surface area (Å²) < 4.78 is 40.7. The number of halogens is 2. The number of nitrogens with one attached hydrogen (secondary N) is 1. The molecule has 2 aromatic carbocycles. The minimum atomic E-state index is -4.05. The molecule has 0 fully saturated rings. The zero-order valence-corrected chi connectivity index (χ0v) is 18.6. The fraction of sp³-hybridized carbons (Fsp3) is 0.200. The summed E-state index contributed by atoms with van der Waals surface area (Å²) in [5, 5.41) is 5.21. The average molecular weight is 468 g/mol. The molecule has 1 aromatic heterocycles. The average Bonchev–Trinajstić information content (AvgIpc) is 3.17. The quantitative estimate of drug-likeness (QED) is 0.536. The highest BCUT2D eigenvalue weighted by atomic mass is 35.5. The molecule has 1 heterocycles. The van der Waals surface area contributed by atoms with Gasteiger partial charge >= 0.3 is 0 Å². The largest absolute Gasteiger partial charge is 0.298 e. The van der Waals surface area contributed by atoms with Crippen molar-refractivity contribution in [3.8, 4) is 11.3 Å². The topological polar surface area (TPSA) is 79.4 Å². The Kier molecular flexibility index (Phi) is 6.87. The van der Waals surface area contributed by atoms with Crippen LogP contribution in [0.1, 0.15) is 24.2 Å². The molecule has 0 spiro atoms. The van der Waals surface area contributed by atoms with Crippen molar-refractivity contribution in [2.45, 2.75) is 18.7 Å². The lowest BCUT2D eigenvalue weighted by Gasteiger charge is -2.19. The number of hydrogen-bond donors (Lipinski definition) is 1. The number of hydrogen-bond acceptors (Lipinski definition) is 5. The van der Waals surface area contributed by atoms with Gasteiger partial charge in [-0.2, -0.15) is 4.31 Å². The van der Waals surface area contributed by atoms with Gasteiger partial charge in [-0.25, -0.2) is 17.8 Å². The number of amides is 1. The Morgan fingerprint density at radius 3 is 2.57 bits per heavy atom. The maximum atomic E-state index is 14.3. The standard InChI is InChI=1S/C20H19ClFN3O3S2/c1-3-25(4-2)30(27,28)18-11-13(9-10-16(18)22)19(26)24-20-23-17(12-29-20)14-7-5-6-8-15(14)21/h5-12H,3-4H2,1-2H3,(H,23,24,26). The Morgan fingerprint density at radius 2 is 1.90 bits per heavy atom. The second kappa shape index (κ2) is 9.22. The Labute approximate surface area is 183 Å². The molecule has 0 saturated carbocycles. The van der Waals surface area contributed by atoms with Gasteiger partial charge in [0.25, 0.3) is 5.91 Å². The number of thiazole rings is 1. The Balaban J connectivity index is 1.86. The molecule has 30 heavy (non-hydrogen) atoms. The molecule has 0 bridgehead atoms. The normalized spacial score (nSPS) is 11.6.